The van der Waals surface area contributed by atoms with E-state index in [4.69, 9.17) is 4.74 Å². The SMILES string of the molecule is Cc1cccc2nc(COC(=O)CC(C)(C)C)cc(=O)n12. The van der Waals surface area contributed by atoms with E-state index in [-0.39, 0.29) is 23.6 Å². The van der Waals surface area contributed by atoms with Gasteiger partial charge in [0.05, 0.1) is 12.1 Å². The zero-order valence-electron chi connectivity index (χ0n) is 12.8. The van der Waals surface area contributed by atoms with Crippen molar-refractivity contribution in [2.45, 2.75) is 40.7 Å². The molecule has 2 heterocycles. The minimum absolute atomic E-state index is 0.0224. The van der Waals surface area contributed by atoms with Gasteiger partial charge >= 0.3 is 5.97 Å². The second-order valence-corrected chi connectivity index (χ2v) is 6.34. The lowest BCUT2D eigenvalue weighted by molar-refractivity contribution is -0.147. The maximum absolute atomic E-state index is 12.1. The number of fused-ring (bicyclic) bond motifs is 1. The summed E-state index contributed by atoms with van der Waals surface area (Å²) in [6.07, 6.45) is 0.332. The fourth-order valence-electron chi connectivity index (χ4n) is 2.08. The molecule has 112 valence electrons. The largest absolute Gasteiger partial charge is 0.459 e. The molecule has 2 rings (SSSR count). The van der Waals surface area contributed by atoms with Crippen LogP contribution in [0.2, 0.25) is 0 Å². The van der Waals surface area contributed by atoms with Crippen LogP contribution in [0.4, 0.5) is 0 Å². The predicted octanol–water partition coefficient (Wildman–Crippen LogP) is 2.48. The van der Waals surface area contributed by atoms with Crippen LogP contribution >= 0.6 is 0 Å². The first-order valence-corrected chi connectivity index (χ1v) is 6.90. The molecule has 21 heavy (non-hydrogen) atoms. The Kier molecular flexibility index (Phi) is 4.11. The highest BCUT2D eigenvalue weighted by atomic mass is 16.5. The maximum Gasteiger partial charge on any atom is 0.306 e. The van der Waals surface area contributed by atoms with Crippen molar-refractivity contribution in [2.24, 2.45) is 5.41 Å². The van der Waals surface area contributed by atoms with Crippen LogP contribution in [0.5, 0.6) is 0 Å². The average molecular weight is 288 g/mol. The summed E-state index contributed by atoms with van der Waals surface area (Å²) in [5, 5.41) is 0. The van der Waals surface area contributed by atoms with Gasteiger partial charge in [0.2, 0.25) is 0 Å². The number of pyridine rings is 1. The van der Waals surface area contributed by atoms with Gasteiger partial charge in [0, 0.05) is 11.8 Å². The molecule has 0 aromatic carbocycles. The lowest BCUT2D eigenvalue weighted by Gasteiger charge is -2.16. The topological polar surface area (TPSA) is 60.7 Å². The molecular formula is C16H20N2O3. The molecule has 0 unspecified atom stereocenters. The van der Waals surface area contributed by atoms with Gasteiger partial charge in [-0.05, 0) is 24.5 Å². The van der Waals surface area contributed by atoms with Crippen molar-refractivity contribution in [1.29, 1.82) is 0 Å². The van der Waals surface area contributed by atoms with Gasteiger partial charge in [0.1, 0.15) is 12.3 Å². The summed E-state index contributed by atoms with van der Waals surface area (Å²) < 4.78 is 6.72. The zero-order chi connectivity index (χ0) is 15.6. The van der Waals surface area contributed by atoms with Gasteiger partial charge < -0.3 is 4.74 Å². The van der Waals surface area contributed by atoms with E-state index in [0.29, 0.717) is 17.8 Å². The maximum atomic E-state index is 12.1. The third-order valence-corrected chi connectivity index (χ3v) is 2.99. The van der Waals surface area contributed by atoms with Gasteiger partial charge in [-0.3, -0.25) is 14.0 Å². The Bertz CT molecular complexity index is 726. The smallest absolute Gasteiger partial charge is 0.306 e. The molecule has 0 radical (unpaired) electrons. The van der Waals surface area contributed by atoms with E-state index in [2.05, 4.69) is 4.98 Å². The summed E-state index contributed by atoms with van der Waals surface area (Å²) in [7, 11) is 0. The van der Waals surface area contributed by atoms with Gasteiger partial charge in [-0.2, -0.15) is 0 Å². The molecule has 0 spiro atoms. The van der Waals surface area contributed by atoms with Crippen molar-refractivity contribution in [3.05, 3.63) is 46.0 Å². The number of aryl methyl sites for hydroxylation is 1. The molecule has 2 aromatic heterocycles. The van der Waals surface area contributed by atoms with E-state index in [1.54, 1.807) is 6.07 Å². The van der Waals surface area contributed by atoms with Crippen LogP contribution in [0.15, 0.2) is 29.1 Å². The molecule has 0 saturated heterocycles. The normalized spacial score (nSPS) is 11.6. The third kappa shape index (κ3) is 3.90. The molecule has 5 nitrogen and oxygen atoms in total. The van der Waals surface area contributed by atoms with Gasteiger partial charge in [-0.25, -0.2) is 4.98 Å². The fourth-order valence-corrected chi connectivity index (χ4v) is 2.08. The highest BCUT2D eigenvalue weighted by Crippen LogP contribution is 2.19. The Labute approximate surface area is 123 Å². The minimum atomic E-state index is -0.284. The molecule has 0 N–H and O–H groups in total. The zero-order valence-corrected chi connectivity index (χ0v) is 12.8. The second kappa shape index (κ2) is 5.68. The highest BCUT2D eigenvalue weighted by Gasteiger charge is 2.17. The van der Waals surface area contributed by atoms with Gasteiger partial charge in [0.25, 0.3) is 5.56 Å². The molecule has 0 amide bonds. The van der Waals surface area contributed by atoms with Crippen molar-refractivity contribution in [3.63, 3.8) is 0 Å². The highest BCUT2D eigenvalue weighted by molar-refractivity contribution is 5.70. The summed E-state index contributed by atoms with van der Waals surface area (Å²) in [5.41, 5.74) is 1.56. The summed E-state index contributed by atoms with van der Waals surface area (Å²) >= 11 is 0. The molecule has 5 heteroatoms. The van der Waals surface area contributed by atoms with Gasteiger partial charge in [0.15, 0.2) is 0 Å². The molecule has 0 aliphatic rings. The van der Waals surface area contributed by atoms with Crippen LogP contribution in [-0.4, -0.2) is 15.4 Å². The summed E-state index contributed by atoms with van der Waals surface area (Å²) in [5.74, 6) is -0.284. The van der Waals surface area contributed by atoms with Crippen LogP contribution in [0.25, 0.3) is 5.65 Å². The van der Waals surface area contributed by atoms with Crippen molar-refractivity contribution >= 4 is 11.6 Å². The fraction of sp³-hybridized carbons (Fsp3) is 0.438. The van der Waals surface area contributed by atoms with Crippen LogP contribution < -0.4 is 5.56 Å². The quantitative estimate of drug-likeness (QED) is 0.814. The summed E-state index contributed by atoms with van der Waals surface area (Å²) in [6, 6.07) is 6.85. The minimum Gasteiger partial charge on any atom is -0.459 e. The Morgan fingerprint density at radius 2 is 2.05 bits per heavy atom. The summed E-state index contributed by atoms with van der Waals surface area (Å²) in [6.45, 7) is 7.78. The van der Waals surface area contributed by atoms with E-state index in [1.807, 2.05) is 39.8 Å². The van der Waals surface area contributed by atoms with E-state index >= 15 is 0 Å². The Balaban J connectivity index is 2.17. The number of rotatable bonds is 3. The number of carbonyl (C=O) groups excluding carboxylic acids is 1. The van der Waals surface area contributed by atoms with E-state index in [0.717, 1.165) is 5.69 Å². The van der Waals surface area contributed by atoms with Gasteiger partial charge in [-0.15, -0.1) is 0 Å². The molecular weight excluding hydrogens is 268 g/mol. The molecule has 0 bridgehead atoms. The monoisotopic (exact) mass is 288 g/mol. The number of ether oxygens (including phenoxy) is 1. The Hall–Kier alpha value is -2.17. The first-order valence-electron chi connectivity index (χ1n) is 6.90. The molecule has 2 aromatic rings. The van der Waals surface area contributed by atoms with E-state index in [9.17, 15) is 9.59 Å². The summed E-state index contributed by atoms with van der Waals surface area (Å²) in [4.78, 5) is 28.1. The van der Waals surface area contributed by atoms with Crippen LogP contribution in [0.3, 0.4) is 0 Å². The van der Waals surface area contributed by atoms with E-state index in [1.165, 1.54) is 10.5 Å². The van der Waals surface area contributed by atoms with Gasteiger partial charge in [-0.1, -0.05) is 26.8 Å². The second-order valence-electron chi connectivity index (χ2n) is 6.34. The van der Waals surface area contributed by atoms with Crippen molar-refractivity contribution in [1.82, 2.24) is 9.38 Å². The number of hydrogen-bond acceptors (Lipinski definition) is 4. The predicted molar refractivity (Wildman–Crippen MR) is 80.1 cm³/mol. The first-order chi connectivity index (χ1) is 9.76. The Morgan fingerprint density at radius 3 is 2.71 bits per heavy atom. The molecule has 0 atom stereocenters. The lowest BCUT2D eigenvalue weighted by atomic mass is 9.92. The number of nitrogens with zero attached hydrogens (tertiary/aromatic N) is 2. The van der Waals surface area contributed by atoms with Crippen LogP contribution in [0.1, 0.15) is 38.6 Å². The third-order valence-electron chi connectivity index (χ3n) is 2.99. The van der Waals surface area contributed by atoms with Crippen molar-refractivity contribution < 1.29 is 9.53 Å². The standard InChI is InChI=1S/C16H20N2O3/c1-11-6-5-7-13-17-12(8-14(19)18(11)13)10-21-15(20)9-16(2,3)4/h5-8H,9-10H2,1-4H3. The molecule has 0 aliphatic heterocycles. The number of hydrogen-bond donors (Lipinski definition) is 0. The first kappa shape index (κ1) is 15.2. The molecule has 0 saturated carbocycles. The number of aromatic nitrogens is 2. The number of carbonyl (C=O) groups is 1. The van der Waals surface area contributed by atoms with E-state index < -0.39 is 0 Å². The average Bonchev–Trinajstić information content (AvgIpc) is 2.34. The lowest BCUT2D eigenvalue weighted by Crippen LogP contribution is -2.19. The van der Waals surface area contributed by atoms with Crippen molar-refractivity contribution in [2.75, 3.05) is 0 Å². The van der Waals surface area contributed by atoms with Crippen LogP contribution in [-0.2, 0) is 16.1 Å². The van der Waals surface area contributed by atoms with Crippen LogP contribution in [0, 0.1) is 12.3 Å². The molecule has 0 aliphatic carbocycles. The van der Waals surface area contributed by atoms with Crippen molar-refractivity contribution in [3.8, 4) is 0 Å². The molecule has 0 fully saturated rings. The Morgan fingerprint density at radius 1 is 1.33 bits per heavy atom. The number of esters is 1.